The van der Waals surface area contributed by atoms with Crippen LogP contribution < -0.4 is 0 Å². The summed E-state index contributed by atoms with van der Waals surface area (Å²) < 4.78 is 0. The number of rotatable bonds is 6. The molecule has 0 amide bonds. The van der Waals surface area contributed by atoms with Gasteiger partial charge in [-0.05, 0) is 51.3 Å². The first-order valence-electron chi connectivity index (χ1n) is 13.9. The molecule has 4 N–H and O–H groups in total. The molecular weight excluding hydrogens is 765 g/mol. The molecule has 0 fully saturated rings. The summed E-state index contributed by atoms with van der Waals surface area (Å²) in [6.07, 6.45) is 4.54. The van der Waals surface area contributed by atoms with Crippen molar-refractivity contribution in [3.05, 3.63) is 142 Å². The van der Waals surface area contributed by atoms with Gasteiger partial charge in [0.2, 0.25) is 0 Å². The SMILES string of the molecule is CC(O)O.CC(O)O.Cc1c[c-]c(C=N/N=C/c2ccc(C)cc2)cc1.Cc1c[c-]c(C=NN=Cc2ccc(C)cc2)cc1.[Pd].[Pd]. The smallest absolute Gasteiger partial charge is 0.148 e. The molecule has 0 bridgehead atoms. The number of benzene rings is 4. The zero-order valence-electron chi connectivity index (χ0n) is 26.8. The van der Waals surface area contributed by atoms with E-state index in [0.29, 0.717) is 0 Å². The minimum Gasteiger partial charge on any atom is -0.368 e. The summed E-state index contributed by atoms with van der Waals surface area (Å²) in [6, 6.07) is 34.4. The minimum atomic E-state index is -1.17. The van der Waals surface area contributed by atoms with Crippen molar-refractivity contribution in [1.29, 1.82) is 0 Å². The molecule has 0 radical (unpaired) electrons. The molecule has 46 heavy (non-hydrogen) atoms. The Balaban J connectivity index is 0. The van der Waals surface area contributed by atoms with Crippen molar-refractivity contribution in [2.24, 2.45) is 20.4 Å². The third-order valence-corrected chi connectivity index (χ3v) is 5.08. The van der Waals surface area contributed by atoms with Crippen molar-refractivity contribution in [1.82, 2.24) is 0 Å². The zero-order valence-corrected chi connectivity index (χ0v) is 29.9. The molecule has 4 aromatic carbocycles. The van der Waals surface area contributed by atoms with Crippen molar-refractivity contribution in [3.63, 3.8) is 0 Å². The Morgan fingerprint density at radius 3 is 0.978 bits per heavy atom. The Morgan fingerprint density at radius 2 is 0.717 bits per heavy atom. The van der Waals surface area contributed by atoms with Crippen LogP contribution in [0.15, 0.2) is 105 Å². The second-order valence-corrected chi connectivity index (χ2v) is 9.71. The quantitative estimate of drug-likeness (QED) is 0.0651. The van der Waals surface area contributed by atoms with Crippen LogP contribution in [0.4, 0.5) is 0 Å². The fourth-order valence-electron chi connectivity index (χ4n) is 2.89. The van der Waals surface area contributed by atoms with E-state index >= 15 is 0 Å². The van der Waals surface area contributed by atoms with Gasteiger partial charge in [0.1, 0.15) is 12.6 Å². The van der Waals surface area contributed by atoms with Gasteiger partial charge in [-0.3, -0.25) is 0 Å². The predicted molar refractivity (Wildman–Crippen MR) is 181 cm³/mol. The second kappa shape index (κ2) is 26.9. The van der Waals surface area contributed by atoms with Crippen LogP contribution in [0.5, 0.6) is 0 Å². The molecular formula is C36H42N4O4Pd2-2. The minimum absolute atomic E-state index is 0. The third-order valence-electron chi connectivity index (χ3n) is 5.08. The molecule has 252 valence electrons. The third kappa shape index (κ3) is 25.0. The molecule has 0 aliphatic rings. The second-order valence-electron chi connectivity index (χ2n) is 9.71. The van der Waals surface area contributed by atoms with E-state index in [2.05, 4.69) is 70.7 Å². The molecule has 0 saturated carbocycles. The van der Waals surface area contributed by atoms with E-state index in [1.807, 2.05) is 74.5 Å². The number of hydrogen-bond donors (Lipinski definition) is 4. The number of nitrogens with zero attached hydrogens (tertiary/aromatic N) is 4. The molecule has 0 aromatic heterocycles. The number of aryl methyl sites for hydroxylation is 4. The molecule has 4 rings (SSSR count). The molecule has 0 saturated heterocycles. The summed E-state index contributed by atoms with van der Waals surface area (Å²) >= 11 is 0. The van der Waals surface area contributed by atoms with Crippen molar-refractivity contribution in [2.45, 2.75) is 54.1 Å². The molecule has 0 aliphatic heterocycles. The summed E-state index contributed by atoms with van der Waals surface area (Å²) in [4.78, 5) is 0. The zero-order chi connectivity index (χ0) is 32.7. The van der Waals surface area contributed by atoms with Crippen LogP contribution in [0.3, 0.4) is 0 Å². The number of aliphatic hydroxyl groups excluding tert-OH is 2. The molecule has 0 aliphatic carbocycles. The van der Waals surface area contributed by atoms with Crippen LogP contribution in [0, 0.1) is 39.8 Å². The van der Waals surface area contributed by atoms with Gasteiger partial charge in [0.05, 0.1) is 12.4 Å². The van der Waals surface area contributed by atoms with Crippen LogP contribution >= 0.6 is 0 Å². The van der Waals surface area contributed by atoms with Gasteiger partial charge in [0.25, 0.3) is 0 Å². The van der Waals surface area contributed by atoms with Gasteiger partial charge >= 0.3 is 0 Å². The first-order valence-corrected chi connectivity index (χ1v) is 13.9. The van der Waals surface area contributed by atoms with Crippen molar-refractivity contribution in [2.75, 3.05) is 0 Å². The van der Waals surface area contributed by atoms with E-state index in [0.717, 1.165) is 22.3 Å². The maximum atomic E-state index is 7.61. The average molecular weight is 808 g/mol. The fourth-order valence-corrected chi connectivity index (χ4v) is 2.89. The average Bonchev–Trinajstić information content (AvgIpc) is 2.97. The molecule has 0 unspecified atom stereocenters. The standard InChI is InChI=1S/2C16H15N2.2C2H6O2.2Pd/c2*1-13-3-7-15(8-4-13)11-17-18-12-16-9-5-14(2)6-10-16;2*1-2(3)4;;/h2*3-9,11-12H,1-2H3;2*2-4H,1H3;;/q2*-1;;;;/b17-11+,18-12?;;;;;. The molecule has 10 heteroatoms. The topological polar surface area (TPSA) is 130 Å². The summed E-state index contributed by atoms with van der Waals surface area (Å²) in [5, 5.41) is 46.5. The first-order chi connectivity index (χ1) is 20.9. The number of aliphatic hydroxyl groups is 4. The van der Waals surface area contributed by atoms with Gasteiger partial charge in [-0.25, -0.2) is 10.2 Å². The molecule has 0 spiro atoms. The Bertz CT molecular complexity index is 1210. The van der Waals surface area contributed by atoms with Crippen LogP contribution in [0.1, 0.15) is 58.4 Å². The van der Waals surface area contributed by atoms with E-state index in [1.165, 1.54) is 36.1 Å². The van der Waals surface area contributed by atoms with E-state index in [-0.39, 0.29) is 40.8 Å². The van der Waals surface area contributed by atoms with Crippen molar-refractivity contribution in [3.8, 4) is 0 Å². The van der Waals surface area contributed by atoms with Gasteiger partial charge in [0.15, 0.2) is 0 Å². The Labute approximate surface area is 300 Å². The molecule has 0 atom stereocenters. The monoisotopic (exact) mass is 806 g/mol. The summed E-state index contributed by atoms with van der Waals surface area (Å²) in [6.45, 7) is 10.7. The predicted octanol–water partition coefficient (Wildman–Crippen LogP) is 5.74. The summed E-state index contributed by atoms with van der Waals surface area (Å²) in [5.74, 6) is 0. The van der Waals surface area contributed by atoms with Gasteiger partial charge in [-0.1, -0.05) is 73.5 Å². The summed E-state index contributed by atoms with van der Waals surface area (Å²) in [5.41, 5.74) is 8.82. The van der Waals surface area contributed by atoms with E-state index in [1.54, 1.807) is 24.9 Å². The van der Waals surface area contributed by atoms with Gasteiger partial charge < -0.3 is 20.4 Å². The fraction of sp³-hybridized carbons (Fsp3) is 0.222. The largest absolute Gasteiger partial charge is 0.368 e. The van der Waals surface area contributed by atoms with E-state index < -0.39 is 12.6 Å². The molecule has 0 heterocycles. The Morgan fingerprint density at radius 1 is 0.457 bits per heavy atom. The van der Waals surface area contributed by atoms with Gasteiger partial charge in [0, 0.05) is 40.8 Å². The first kappa shape index (κ1) is 44.8. The van der Waals surface area contributed by atoms with Crippen LogP contribution in [-0.4, -0.2) is 57.9 Å². The van der Waals surface area contributed by atoms with Crippen LogP contribution in [0.25, 0.3) is 0 Å². The number of hydrogen-bond acceptors (Lipinski definition) is 8. The van der Waals surface area contributed by atoms with Crippen molar-refractivity contribution < 1.29 is 61.3 Å². The van der Waals surface area contributed by atoms with Gasteiger partial charge in [-0.15, -0.1) is 70.8 Å². The Hall–Kier alpha value is -3.28. The maximum absolute atomic E-state index is 7.61. The summed E-state index contributed by atoms with van der Waals surface area (Å²) in [7, 11) is 0. The normalized spacial score (nSPS) is 10.5. The maximum Gasteiger partial charge on any atom is 0.148 e. The van der Waals surface area contributed by atoms with E-state index in [4.69, 9.17) is 20.4 Å². The van der Waals surface area contributed by atoms with Crippen molar-refractivity contribution >= 4 is 24.9 Å². The van der Waals surface area contributed by atoms with Crippen LogP contribution in [0.2, 0.25) is 0 Å². The van der Waals surface area contributed by atoms with Crippen LogP contribution in [-0.2, 0) is 40.8 Å². The Kier molecular flexibility index (Phi) is 26.2. The van der Waals surface area contributed by atoms with E-state index in [9.17, 15) is 0 Å². The van der Waals surface area contributed by atoms with Gasteiger partial charge in [-0.2, -0.15) is 10.2 Å². The molecule has 8 nitrogen and oxygen atoms in total. The molecule has 4 aromatic rings.